The summed E-state index contributed by atoms with van der Waals surface area (Å²) in [6, 6.07) is 0. The molecule has 0 aliphatic heterocycles. The third-order valence-corrected chi connectivity index (χ3v) is 5.01. The molecule has 0 aliphatic carbocycles. The summed E-state index contributed by atoms with van der Waals surface area (Å²) in [6.45, 7) is 2.74. The molecule has 3 heterocycles. The average Bonchev–Trinajstić information content (AvgIpc) is 3.11. The summed E-state index contributed by atoms with van der Waals surface area (Å²) in [6.07, 6.45) is 3.88. The lowest BCUT2D eigenvalue weighted by Gasteiger charge is -2.17. The van der Waals surface area contributed by atoms with E-state index in [9.17, 15) is 0 Å². The zero-order valence-corrected chi connectivity index (χ0v) is 13.7. The molecule has 0 saturated heterocycles. The van der Waals surface area contributed by atoms with Gasteiger partial charge in [-0.15, -0.1) is 11.3 Å². The number of hydrogen-bond donors (Lipinski definition) is 1. The quantitative estimate of drug-likeness (QED) is 0.799. The van der Waals surface area contributed by atoms with Gasteiger partial charge in [-0.3, -0.25) is 4.68 Å². The number of aryl methyl sites for hydroxylation is 2. The summed E-state index contributed by atoms with van der Waals surface area (Å²) in [5.41, 5.74) is 9.12. The summed E-state index contributed by atoms with van der Waals surface area (Å²) in [7, 11) is 3.95. The molecule has 0 aliphatic rings. The minimum atomic E-state index is 0.544. The second-order valence-electron chi connectivity index (χ2n) is 4.92. The number of nitrogen functional groups attached to an aromatic ring is 1. The van der Waals surface area contributed by atoms with Crippen LogP contribution in [0.1, 0.15) is 11.3 Å². The summed E-state index contributed by atoms with van der Waals surface area (Å²) in [5, 5.41) is 8.18. The second-order valence-corrected chi connectivity index (χ2v) is 6.53. The van der Waals surface area contributed by atoms with Gasteiger partial charge in [0.05, 0.1) is 11.8 Å². The normalized spacial score (nSPS) is 11.0. The summed E-state index contributed by atoms with van der Waals surface area (Å²) < 4.78 is 6.09. The van der Waals surface area contributed by atoms with Crippen LogP contribution in [-0.4, -0.2) is 26.2 Å². The Balaban J connectivity index is 1.92. The molecular weight excluding hydrogens is 304 g/mol. The highest BCUT2D eigenvalue weighted by Crippen LogP contribution is 2.40. The van der Waals surface area contributed by atoms with Gasteiger partial charge in [0.25, 0.3) is 0 Å². The Morgan fingerprint density at radius 3 is 2.86 bits per heavy atom. The Kier molecular flexibility index (Phi) is 3.64. The summed E-state index contributed by atoms with van der Waals surface area (Å²) in [5.74, 6) is 0.544. The Morgan fingerprint density at radius 1 is 1.43 bits per heavy atom. The van der Waals surface area contributed by atoms with Gasteiger partial charge >= 0.3 is 0 Å². The van der Waals surface area contributed by atoms with Gasteiger partial charge in [-0.1, -0.05) is 0 Å². The number of anilines is 2. The van der Waals surface area contributed by atoms with E-state index in [-0.39, 0.29) is 0 Å². The molecule has 3 rings (SSSR count). The Morgan fingerprint density at radius 2 is 2.24 bits per heavy atom. The zero-order valence-electron chi connectivity index (χ0n) is 12.1. The molecule has 0 radical (unpaired) electrons. The van der Waals surface area contributed by atoms with Crippen LogP contribution in [0, 0.1) is 6.92 Å². The van der Waals surface area contributed by atoms with Crippen molar-refractivity contribution in [2.75, 3.05) is 17.7 Å². The fraction of sp³-hybridized carbons (Fsp3) is 0.308. The largest absolute Gasteiger partial charge is 0.382 e. The molecule has 21 heavy (non-hydrogen) atoms. The van der Waals surface area contributed by atoms with Crippen molar-refractivity contribution < 1.29 is 0 Å². The molecule has 110 valence electrons. The van der Waals surface area contributed by atoms with Gasteiger partial charge < -0.3 is 10.6 Å². The van der Waals surface area contributed by atoms with Crippen LogP contribution in [0.25, 0.3) is 10.6 Å². The van der Waals surface area contributed by atoms with Gasteiger partial charge in [0.2, 0.25) is 0 Å². The van der Waals surface area contributed by atoms with Crippen LogP contribution in [0.4, 0.5) is 10.8 Å². The van der Waals surface area contributed by atoms with Crippen molar-refractivity contribution in [1.29, 1.82) is 0 Å². The SMILES string of the molecule is Cc1csc(-c2c(N)nsc2N(C)Cc2cnn(C)c2)n1. The van der Waals surface area contributed by atoms with Crippen LogP contribution in [-0.2, 0) is 13.6 Å². The molecule has 0 spiro atoms. The zero-order chi connectivity index (χ0) is 15.0. The number of thiazole rings is 1. The lowest BCUT2D eigenvalue weighted by Crippen LogP contribution is -2.15. The Labute approximate surface area is 131 Å². The van der Waals surface area contributed by atoms with E-state index in [4.69, 9.17) is 5.73 Å². The van der Waals surface area contributed by atoms with Crippen LogP contribution >= 0.6 is 22.9 Å². The van der Waals surface area contributed by atoms with E-state index in [1.165, 1.54) is 11.5 Å². The lowest BCUT2D eigenvalue weighted by atomic mass is 10.3. The molecule has 3 aromatic heterocycles. The smallest absolute Gasteiger partial charge is 0.149 e. The number of aromatic nitrogens is 4. The van der Waals surface area contributed by atoms with E-state index in [0.29, 0.717) is 5.82 Å². The first-order valence-corrected chi connectivity index (χ1v) is 8.06. The maximum absolute atomic E-state index is 6.04. The third kappa shape index (κ3) is 2.77. The first-order chi connectivity index (χ1) is 10.0. The van der Waals surface area contributed by atoms with Crippen molar-refractivity contribution >= 4 is 33.7 Å². The number of rotatable bonds is 4. The Bertz CT molecular complexity index is 756. The molecule has 0 saturated carbocycles. The van der Waals surface area contributed by atoms with E-state index >= 15 is 0 Å². The summed E-state index contributed by atoms with van der Waals surface area (Å²) >= 11 is 3.00. The van der Waals surface area contributed by atoms with Gasteiger partial charge in [-0.25, -0.2) is 4.98 Å². The average molecular weight is 320 g/mol. The molecule has 0 unspecified atom stereocenters. The Hall–Kier alpha value is -1.93. The highest BCUT2D eigenvalue weighted by molar-refractivity contribution is 7.15. The standard InChI is InChI=1S/C13H16N6S2/c1-8-7-20-12(16-8)10-11(14)17-21-13(10)18(2)5-9-4-15-19(3)6-9/h4,6-7H,5H2,1-3H3,(H2,14,17). The molecule has 0 bridgehead atoms. The van der Waals surface area contributed by atoms with Crippen LogP contribution in [0.5, 0.6) is 0 Å². The van der Waals surface area contributed by atoms with Crippen LogP contribution in [0.3, 0.4) is 0 Å². The van der Waals surface area contributed by atoms with Crippen molar-refractivity contribution in [3.8, 4) is 10.6 Å². The van der Waals surface area contributed by atoms with Crippen LogP contribution in [0.15, 0.2) is 17.8 Å². The maximum Gasteiger partial charge on any atom is 0.149 e. The fourth-order valence-corrected chi connectivity index (χ4v) is 3.81. The molecule has 3 aromatic rings. The maximum atomic E-state index is 6.04. The van der Waals surface area contributed by atoms with Gasteiger partial charge in [0.15, 0.2) is 0 Å². The fourth-order valence-electron chi connectivity index (χ4n) is 2.12. The first kappa shape index (κ1) is 14.0. The van der Waals surface area contributed by atoms with Gasteiger partial charge in [-0.2, -0.15) is 9.47 Å². The van der Waals surface area contributed by atoms with E-state index in [2.05, 4.69) is 19.4 Å². The minimum Gasteiger partial charge on any atom is -0.382 e. The summed E-state index contributed by atoms with van der Waals surface area (Å²) in [4.78, 5) is 6.67. The molecule has 0 amide bonds. The van der Waals surface area contributed by atoms with E-state index in [1.54, 1.807) is 16.0 Å². The van der Waals surface area contributed by atoms with Crippen molar-refractivity contribution in [2.24, 2.45) is 7.05 Å². The van der Waals surface area contributed by atoms with Crippen molar-refractivity contribution in [3.05, 3.63) is 29.0 Å². The number of hydrogen-bond acceptors (Lipinski definition) is 7. The first-order valence-electron chi connectivity index (χ1n) is 6.41. The monoisotopic (exact) mass is 320 g/mol. The van der Waals surface area contributed by atoms with Crippen LogP contribution in [0.2, 0.25) is 0 Å². The molecule has 0 fully saturated rings. The lowest BCUT2D eigenvalue weighted by molar-refractivity contribution is 0.766. The van der Waals surface area contributed by atoms with E-state index < -0.39 is 0 Å². The highest BCUT2D eigenvalue weighted by Gasteiger charge is 2.20. The van der Waals surface area contributed by atoms with Crippen molar-refractivity contribution in [2.45, 2.75) is 13.5 Å². The number of nitrogens with two attached hydrogens (primary N) is 1. The van der Waals surface area contributed by atoms with Gasteiger partial charge in [0, 0.05) is 43.5 Å². The molecule has 6 nitrogen and oxygen atoms in total. The molecule has 2 N–H and O–H groups in total. The topological polar surface area (TPSA) is 72.9 Å². The van der Waals surface area contributed by atoms with Crippen molar-refractivity contribution in [3.63, 3.8) is 0 Å². The molecular formula is C13H16N6S2. The predicted molar refractivity (Wildman–Crippen MR) is 87.7 cm³/mol. The van der Waals surface area contributed by atoms with Gasteiger partial charge in [-0.05, 0) is 18.5 Å². The molecule has 8 heteroatoms. The molecule has 0 atom stereocenters. The third-order valence-electron chi connectivity index (χ3n) is 3.06. The minimum absolute atomic E-state index is 0.544. The van der Waals surface area contributed by atoms with Gasteiger partial charge in [0.1, 0.15) is 15.8 Å². The van der Waals surface area contributed by atoms with Crippen molar-refractivity contribution in [1.82, 2.24) is 19.1 Å². The van der Waals surface area contributed by atoms with Crippen LogP contribution < -0.4 is 10.6 Å². The van der Waals surface area contributed by atoms with E-state index in [1.807, 2.05) is 38.8 Å². The second kappa shape index (κ2) is 5.45. The molecule has 0 aromatic carbocycles. The predicted octanol–water partition coefficient (Wildman–Crippen LogP) is 2.53. The highest BCUT2D eigenvalue weighted by atomic mass is 32.1. The number of nitrogens with zero attached hydrogens (tertiary/aromatic N) is 5. The van der Waals surface area contributed by atoms with E-state index in [0.717, 1.165) is 33.4 Å².